The summed E-state index contributed by atoms with van der Waals surface area (Å²) in [7, 11) is 0. The summed E-state index contributed by atoms with van der Waals surface area (Å²) in [4.78, 5) is 11.8. The van der Waals surface area contributed by atoms with Gasteiger partial charge in [0.2, 0.25) is 0 Å². The van der Waals surface area contributed by atoms with Gasteiger partial charge in [-0.1, -0.05) is 17.7 Å². The SMILES string of the molecule is O=C(O)c1ccoc1CSc1cccc(Cl)c1. The molecule has 0 amide bonds. The summed E-state index contributed by atoms with van der Waals surface area (Å²) >= 11 is 7.34. The average molecular weight is 269 g/mol. The number of carboxylic acid groups (broad SMARTS) is 1. The van der Waals surface area contributed by atoms with Gasteiger partial charge < -0.3 is 9.52 Å². The van der Waals surface area contributed by atoms with Crippen molar-refractivity contribution in [3.05, 3.63) is 52.9 Å². The third kappa shape index (κ3) is 3.05. The number of hydrogen-bond donors (Lipinski definition) is 1. The van der Waals surface area contributed by atoms with Gasteiger partial charge in [-0.15, -0.1) is 11.8 Å². The largest absolute Gasteiger partial charge is 0.478 e. The standard InChI is InChI=1S/C12H9ClO3S/c13-8-2-1-3-9(6-8)17-7-11-10(12(14)15)4-5-16-11/h1-6H,7H2,(H,14,15). The first kappa shape index (κ1) is 12.1. The molecule has 0 unspecified atom stereocenters. The molecule has 0 bridgehead atoms. The zero-order valence-corrected chi connectivity index (χ0v) is 10.3. The Balaban J connectivity index is 2.07. The number of halogens is 1. The molecule has 1 N–H and O–H groups in total. The van der Waals surface area contributed by atoms with Gasteiger partial charge in [-0.25, -0.2) is 4.79 Å². The lowest BCUT2D eigenvalue weighted by molar-refractivity contribution is 0.0695. The van der Waals surface area contributed by atoms with Crippen LogP contribution < -0.4 is 0 Å². The van der Waals surface area contributed by atoms with Gasteiger partial charge in [-0.2, -0.15) is 0 Å². The summed E-state index contributed by atoms with van der Waals surface area (Å²) in [5.41, 5.74) is 0.208. The second kappa shape index (κ2) is 5.29. The quantitative estimate of drug-likeness (QED) is 0.854. The molecule has 0 aliphatic heterocycles. The lowest BCUT2D eigenvalue weighted by Gasteiger charge is -2.01. The fraction of sp³-hybridized carbons (Fsp3) is 0.0833. The Morgan fingerprint density at radius 1 is 1.41 bits per heavy atom. The van der Waals surface area contributed by atoms with E-state index in [1.54, 1.807) is 6.07 Å². The second-order valence-corrected chi connectivity index (χ2v) is 4.79. The molecule has 88 valence electrons. The number of rotatable bonds is 4. The first-order valence-corrected chi connectivity index (χ1v) is 6.21. The first-order chi connectivity index (χ1) is 8.16. The minimum Gasteiger partial charge on any atom is -0.478 e. The topological polar surface area (TPSA) is 50.4 Å². The van der Waals surface area contributed by atoms with Crippen molar-refractivity contribution < 1.29 is 14.3 Å². The number of hydrogen-bond acceptors (Lipinski definition) is 3. The molecule has 0 spiro atoms. The highest BCUT2D eigenvalue weighted by Crippen LogP contribution is 2.26. The lowest BCUT2D eigenvalue weighted by atomic mass is 10.3. The molecule has 2 aromatic rings. The zero-order chi connectivity index (χ0) is 12.3. The predicted octanol–water partition coefficient (Wildman–Crippen LogP) is 3.92. The van der Waals surface area contributed by atoms with Crippen LogP contribution in [0.1, 0.15) is 16.1 Å². The normalized spacial score (nSPS) is 10.4. The van der Waals surface area contributed by atoms with E-state index >= 15 is 0 Å². The molecule has 1 aromatic carbocycles. The van der Waals surface area contributed by atoms with Crippen LogP contribution in [-0.2, 0) is 5.75 Å². The minimum absolute atomic E-state index is 0.208. The average Bonchev–Trinajstić information content (AvgIpc) is 2.74. The van der Waals surface area contributed by atoms with Crippen LogP contribution in [0.15, 0.2) is 45.9 Å². The molecular formula is C12H9ClO3S. The Morgan fingerprint density at radius 2 is 2.24 bits per heavy atom. The second-order valence-electron chi connectivity index (χ2n) is 3.31. The maximum Gasteiger partial charge on any atom is 0.339 e. The fourth-order valence-electron chi connectivity index (χ4n) is 1.35. The van der Waals surface area contributed by atoms with E-state index in [4.69, 9.17) is 21.1 Å². The van der Waals surface area contributed by atoms with Crippen LogP contribution in [0.4, 0.5) is 0 Å². The summed E-state index contributed by atoms with van der Waals surface area (Å²) in [5, 5.41) is 9.57. The highest BCUT2D eigenvalue weighted by Gasteiger charge is 2.13. The van der Waals surface area contributed by atoms with Gasteiger partial charge in [0, 0.05) is 9.92 Å². The molecule has 17 heavy (non-hydrogen) atoms. The third-order valence-electron chi connectivity index (χ3n) is 2.14. The van der Waals surface area contributed by atoms with E-state index < -0.39 is 5.97 Å². The van der Waals surface area contributed by atoms with Gasteiger partial charge in [-0.3, -0.25) is 0 Å². The Kier molecular flexibility index (Phi) is 3.76. The molecule has 0 fully saturated rings. The van der Waals surface area contributed by atoms with Crippen LogP contribution in [0.5, 0.6) is 0 Å². The minimum atomic E-state index is -0.972. The van der Waals surface area contributed by atoms with Crippen LogP contribution in [0.3, 0.4) is 0 Å². The van der Waals surface area contributed by atoms with Gasteiger partial charge in [0.15, 0.2) is 0 Å². The van der Waals surface area contributed by atoms with Crippen LogP contribution >= 0.6 is 23.4 Å². The molecule has 0 atom stereocenters. The van der Waals surface area contributed by atoms with Crippen LogP contribution in [0.25, 0.3) is 0 Å². The van der Waals surface area contributed by atoms with Crippen molar-refractivity contribution in [3.63, 3.8) is 0 Å². The Hall–Kier alpha value is -1.39. The van der Waals surface area contributed by atoms with Crippen LogP contribution in [0.2, 0.25) is 5.02 Å². The molecule has 1 heterocycles. The van der Waals surface area contributed by atoms with Crippen molar-refractivity contribution in [1.82, 2.24) is 0 Å². The smallest absolute Gasteiger partial charge is 0.339 e. The number of thioether (sulfide) groups is 1. The molecule has 2 rings (SSSR count). The van der Waals surface area contributed by atoms with E-state index in [9.17, 15) is 4.79 Å². The van der Waals surface area contributed by atoms with Gasteiger partial charge in [0.05, 0.1) is 12.0 Å². The fourth-order valence-corrected chi connectivity index (χ4v) is 2.51. The molecule has 0 aliphatic rings. The first-order valence-electron chi connectivity index (χ1n) is 4.85. The highest BCUT2D eigenvalue weighted by atomic mass is 35.5. The van der Waals surface area contributed by atoms with Crippen molar-refractivity contribution in [2.75, 3.05) is 0 Å². The molecule has 0 radical (unpaired) electrons. The van der Waals surface area contributed by atoms with E-state index in [1.807, 2.05) is 18.2 Å². The molecule has 0 saturated carbocycles. The molecule has 0 aliphatic carbocycles. The summed E-state index contributed by atoms with van der Waals surface area (Å²) in [6.45, 7) is 0. The Bertz CT molecular complexity index is 536. The highest BCUT2D eigenvalue weighted by molar-refractivity contribution is 7.98. The molecule has 5 heteroatoms. The number of carbonyl (C=O) groups is 1. The van der Waals surface area contributed by atoms with Gasteiger partial charge >= 0.3 is 5.97 Å². The Morgan fingerprint density at radius 3 is 2.94 bits per heavy atom. The van der Waals surface area contributed by atoms with Crippen molar-refractivity contribution in [2.24, 2.45) is 0 Å². The van der Waals surface area contributed by atoms with E-state index in [-0.39, 0.29) is 5.56 Å². The van der Waals surface area contributed by atoms with E-state index in [2.05, 4.69) is 0 Å². The Labute approximate surface area is 107 Å². The summed E-state index contributed by atoms with van der Waals surface area (Å²) in [6.07, 6.45) is 1.39. The molecule has 0 saturated heterocycles. The number of furan rings is 1. The summed E-state index contributed by atoms with van der Waals surface area (Å²) in [6, 6.07) is 8.85. The van der Waals surface area contributed by atoms with Gasteiger partial charge in [0.1, 0.15) is 11.3 Å². The number of carboxylic acids is 1. The van der Waals surface area contributed by atoms with Gasteiger partial charge in [0.25, 0.3) is 0 Å². The molecular weight excluding hydrogens is 260 g/mol. The number of benzene rings is 1. The van der Waals surface area contributed by atoms with Gasteiger partial charge in [-0.05, 0) is 24.3 Å². The maximum atomic E-state index is 10.9. The maximum absolute atomic E-state index is 10.9. The van der Waals surface area contributed by atoms with E-state index in [0.29, 0.717) is 16.5 Å². The van der Waals surface area contributed by atoms with E-state index in [1.165, 1.54) is 24.1 Å². The molecule has 1 aromatic heterocycles. The van der Waals surface area contributed by atoms with Crippen LogP contribution in [-0.4, -0.2) is 11.1 Å². The predicted molar refractivity (Wildman–Crippen MR) is 66.7 cm³/mol. The summed E-state index contributed by atoms with van der Waals surface area (Å²) in [5.74, 6) is -0.0439. The van der Waals surface area contributed by atoms with E-state index in [0.717, 1.165) is 4.90 Å². The number of aromatic carboxylic acids is 1. The third-order valence-corrected chi connectivity index (χ3v) is 3.37. The zero-order valence-electron chi connectivity index (χ0n) is 8.72. The monoisotopic (exact) mass is 268 g/mol. The van der Waals surface area contributed by atoms with Crippen LogP contribution in [0, 0.1) is 0 Å². The van der Waals surface area contributed by atoms with Crippen molar-refractivity contribution in [1.29, 1.82) is 0 Å². The van der Waals surface area contributed by atoms with Crippen molar-refractivity contribution in [3.8, 4) is 0 Å². The van der Waals surface area contributed by atoms with Crippen molar-refractivity contribution in [2.45, 2.75) is 10.6 Å². The summed E-state index contributed by atoms with van der Waals surface area (Å²) < 4.78 is 5.14. The van der Waals surface area contributed by atoms with Crippen molar-refractivity contribution >= 4 is 29.3 Å². The molecule has 3 nitrogen and oxygen atoms in total. The lowest BCUT2D eigenvalue weighted by Crippen LogP contribution is -1.97.